The van der Waals surface area contributed by atoms with E-state index in [2.05, 4.69) is 5.32 Å². The molecule has 1 aromatic carbocycles. The van der Waals surface area contributed by atoms with Gasteiger partial charge in [0.15, 0.2) is 0 Å². The fourth-order valence-corrected chi connectivity index (χ4v) is 1.32. The van der Waals surface area contributed by atoms with Crippen LogP contribution < -0.4 is 10.1 Å². The number of hydrogen-bond donors (Lipinski definition) is 2. The molecular formula is C12H17NO3. The lowest BCUT2D eigenvalue weighted by Gasteiger charge is -2.10. The first kappa shape index (κ1) is 12.5. The van der Waals surface area contributed by atoms with Gasteiger partial charge in [-0.15, -0.1) is 0 Å². The Morgan fingerprint density at radius 2 is 2.12 bits per heavy atom. The van der Waals surface area contributed by atoms with E-state index in [-0.39, 0.29) is 18.8 Å². The van der Waals surface area contributed by atoms with E-state index in [9.17, 15) is 4.79 Å². The third kappa shape index (κ3) is 3.90. The molecule has 16 heavy (non-hydrogen) atoms. The van der Waals surface area contributed by atoms with Crippen molar-refractivity contribution in [2.24, 2.45) is 0 Å². The Hall–Kier alpha value is -1.55. The van der Waals surface area contributed by atoms with Crippen LogP contribution in [0, 0.1) is 0 Å². The summed E-state index contributed by atoms with van der Waals surface area (Å²) in [5.74, 6) is 0.756. The molecule has 2 N–H and O–H groups in total. The van der Waals surface area contributed by atoms with Gasteiger partial charge in [-0.25, -0.2) is 0 Å². The molecule has 0 saturated heterocycles. The number of carbonyl (C=O) groups excluding carboxylic acids is 1. The number of hydrogen-bond acceptors (Lipinski definition) is 4. The predicted octanol–water partition coefficient (Wildman–Crippen LogP) is 1.45. The molecule has 0 fully saturated rings. The maximum absolute atomic E-state index is 11.1. The van der Waals surface area contributed by atoms with Crippen molar-refractivity contribution in [2.75, 3.05) is 25.6 Å². The van der Waals surface area contributed by atoms with E-state index in [4.69, 9.17) is 9.84 Å². The first-order valence-corrected chi connectivity index (χ1v) is 5.30. The van der Waals surface area contributed by atoms with E-state index in [1.165, 1.54) is 0 Å². The third-order valence-electron chi connectivity index (χ3n) is 2.19. The molecule has 4 nitrogen and oxygen atoms in total. The lowest BCUT2D eigenvalue weighted by atomic mass is 10.2. The van der Waals surface area contributed by atoms with Gasteiger partial charge in [0.2, 0.25) is 0 Å². The summed E-state index contributed by atoms with van der Waals surface area (Å²) in [5.41, 5.74) is 0.900. The molecule has 4 heteroatoms. The van der Waals surface area contributed by atoms with E-state index in [0.717, 1.165) is 11.4 Å². The molecule has 0 amide bonds. The molecule has 0 aliphatic carbocycles. The molecule has 0 bridgehead atoms. The van der Waals surface area contributed by atoms with Crippen LogP contribution in [0.3, 0.4) is 0 Å². The molecule has 0 aliphatic heterocycles. The number of aliphatic hydroxyl groups is 1. The minimum atomic E-state index is -0.0913. The van der Waals surface area contributed by atoms with Crippen molar-refractivity contribution in [3.8, 4) is 5.75 Å². The summed E-state index contributed by atoms with van der Waals surface area (Å²) in [7, 11) is 1.82. The van der Waals surface area contributed by atoms with Crippen molar-refractivity contribution in [3.63, 3.8) is 0 Å². The zero-order valence-electron chi connectivity index (χ0n) is 9.40. The van der Waals surface area contributed by atoms with Crippen LogP contribution in [0.25, 0.3) is 0 Å². The maximum atomic E-state index is 11.1. The largest absolute Gasteiger partial charge is 0.491 e. The number of ether oxygens (including phenoxy) is 1. The van der Waals surface area contributed by atoms with Gasteiger partial charge in [-0.1, -0.05) is 12.1 Å². The smallest absolute Gasteiger partial charge is 0.142 e. The Labute approximate surface area is 95.2 Å². The van der Waals surface area contributed by atoms with Crippen molar-refractivity contribution < 1.29 is 14.6 Å². The molecule has 0 radical (unpaired) electrons. The van der Waals surface area contributed by atoms with Crippen LogP contribution in [-0.4, -0.2) is 31.2 Å². The van der Waals surface area contributed by atoms with Crippen LogP contribution >= 0.6 is 0 Å². The Balaban J connectivity index is 2.39. The van der Waals surface area contributed by atoms with Crippen LogP contribution in [-0.2, 0) is 4.79 Å². The molecule has 0 aliphatic rings. The monoisotopic (exact) mass is 223 g/mol. The number of Topliss-reactive ketones (excluding diaryl/α,β-unsaturated/α-hetero) is 1. The van der Waals surface area contributed by atoms with Crippen LogP contribution in [0.15, 0.2) is 24.3 Å². The normalized spacial score (nSPS) is 9.88. The fourth-order valence-electron chi connectivity index (χ4n) is 1.32. The van der Waals surface area contributed by atoms with Crippen molar-refractivity contribution >= 4 is 11.5 Å². The van der Waals surface area contributed by atoms with Crippen LogP contribution in [0.4, 0.5) is 5.69 Å². The Morgan fingerprint density at radius 3 is 2.81 bits per heavy atom. The Bertz CT molecular complexity index is 339. The summed E-state index contributed by atoms with van der Waals surface area (Å²) in [6.45, 7) is 0.253. The third-order valence-corrected chi connectivity index (χ3v) is 2.19. The van der Waals surface area contributed by atoms with E-state index in [0.29, 0.717) is 13.0 Å². The number of nitrogens with one attached hydrogen (secondary N) is 1. The number of ketones is 1. The molecule has 0 atom stereocenters. The van der Waals surface area contributed by atoms with Gasteiger partial charge in [0.05, 0.1) is 12.3 Å². The first-order chi connectivity index (χ1) is 7.77. The van der Waals surface area contributed by atoms with Crippen molar-refractivity contribution in [2.45, 2.75) is 12.8 Å². The van der Waals surface area contributed by atoms with Crippen LogP contribution in [0.5, 0.6) is 5.75 Å². The van der Waals surface area contributed by atoms with Gasteiger partial charge in [0.1, 0.15) is 11.5 Å². The Kier molecular flexibility index (Phi) is 5.36. The summed E-state index contributed by atoms with van der Waals surface area (Å²) in [4.78, 5) is 11.1. The topological polar surface area (TPSA) is 58.6 Å². The summed E-state index contributed by atoms with van der Waals surface area (Å²) in [5, 5.41) is 11.6. The molecule has 0 aromatic heterocycles. The zero-order valence-corrected chi connectivity index (χ0v) is 9.40. The summed E-state index contributed by atoms with van der Waals surface area (Å²) >= 11 is 0. The minimum absolute atomic E-state index is 0.0180. The summed E-state index contributed by atoms with van der Waals surface area (Å²) in [6, 6.07) is 7.55. The molecule has 1 aromatic rings. The lowest BCUT2D eigenvalue weighted by Crippen LogP contribution is -2.08. The van der Waals surface area contributed by atoms with Crippen molar-refractivity contribution in [1.82, 2.24) is 0 Å². The quantitative estimate of drug-likeness (QED) is 0.734. The molecule has 0 heterocycles. The molecule has 1 rings (SSSR count). The molecule has 0 saturated carbocycles. The predicted molar refractivity (Wildman–Crippen MR) is 62.8 cm³/mol. The van der Waals surface area contributed by atoms with Crippen molar-refractivity contribution in [1.29, 1.82) is 0 Å². The zero-order chi connectivity index (χ0) is 11.8. The van der Waals surface area contributed by atoms with Crippen molar-refractivity contribution in [3.05, 3.63) is 24.3 Å². The second-order valence-corrected chi connectivity index (χ2v) is 3.36. The highest BCUT2D eigenvalue weighted by atomic mass is 16.5. The molecule has 88 valence electrons. The molecule has 0 spiro atoms. The number of aliphatic hydroxyl groups excluding tert-OH is 1. The molecule has 0 unspecified atom stereocenters. The lowest BCUT2D eigenvalue weighted by molar-refractivity contribution is -0.120. The standard InChI is InChI=1S/C12H17NO3/c1-13-11-4-2-3-5-12(11)16-9-7-10(15)6-8-14/h2-5,13-14H,6-9H2,1H3. The van der Waals surface area contributed by atoms with Gasteiger partial charge >= 0.3 is 0 Å². The highest BCUT2D eigenvalue weighted by Crippen LogP contribution is 2.22. The second kappa shape index (κ2) is 6.85. The number of benzene rings is 1. The highest BCUT2D eigenvalue weighted by Gasteiger charge is 2.03. The van der Waals surface area contributed by atoms with E-state index >= 15 is 0 Å². The van der Waals surface area contributed by atoms with Gasteiger partial charge < -0.3 is 15.2 Å². The second-order valence-electron chi connectivity index (χ2n) is 3.36. The van der Waals surface area contributed by atoms with Gasteiger partial charge in [0.25, 0.3) is 0 Å². The fraction of sp³-hybridized carbons (Fsp3) is 0.417. The SMILES string of the molecule is CNc1ccccc1OCCC(=O)CCO. The van der Waals surface area contributed by atoms with E-state index in [1.54, 1.807) is 0 Å². The van der Waals surface area contributed by atoms with Crippen LogP contribution in [0.1, 0.15) is 12.8 Å². The van der Waals surface area contributed by atoms with Gasteiger partial charge in [-0.3, -0.25) is 4.79 Å². The number of anilines is 1. The number of para-hydroxylation sites is 2. The summed E-state index contributed by atoms with van der Waals surface area (Å²) in [6.07, 6.45) is 0.537. The van der Waals surface area contributed by atoms with E-state index < -0.39 is 0 Å². The van der Waals surface area contributed by atoms with Gasteiger partial charge in [0, 0.05) is 26.5 Å². The van der Waals surface area contributed by atoms with Gasteiger partial charge in [-0.2, -0.15) is 0 Å². The maximum Gasteiger partial charge on any atom is 0.142 e. The van der Waals surface area contributed by atoms with E-state index in [1.807, 2.05) is 31.3 Å². The molecular weight excluding hydrogens is 206 g/mol. The highest BCUT2D eigenvalue weighted by molar-refractivity contribution is 5.78. The Morgan fingerprint density at radius 1 is 1.38 bits per heavy atom. The van der Waals surface area contributed by atoms with Gasteiger partial charge in [-0.05, 0) is 12.1 Å². The average Bonchev–Trinajstić information content (AvgIpc) is 2.30. The summed E-state index contributed by atoms with van der Waals surface area (Å²) < 4.78 is 5.48. The average molecular weight is 223 g/mol. The van der Waals surface area contributed by atoms with Crippen LogP contribution in [0.2, 0.25) is 0 Å². The number of rotatable bonds is 7. The number of carbonyl (C=O) groups is 1. The first-order valence-electron chi connectivity index (χ1n) is 5.30. The minimum Gasteiger partial charge on any atom is -0.491 e.